The molecule has 0 aliphatic heterocycles. The van der Waals surface area contributed by atoms with Crippen molar-refractivity contribution in [3.8, 4) is 0 Å². The van der Waals surface area contributed by atoms with Crippen LogP contribution in [0.5, 0.6) is 0 Å². The monoisotopic (exact) mass is 224 g/mol. The largest absolute Gasteiger partial charge is 0.295 e. The molecular formula is C16H16O. The van der Waals surface area contributed by atoms with E-state index in [1.165, 1.54) is 21.9 Å². The first-order chi connectivity index (χ1) is 8.09. The van der Waals surface area contributed by atoms with Crippen LogP contribution in [-0.4, -0.2) is 5.78 Å². The Hall–Kier alpha value is -1.89. The molecule has 17 heavy (non-hydrogen) atoms. The van der Waals surface area contributed by atoms with E-state index in [2.05, 4.69) is 32.0 Å². The van der Waals surface area contributed by atoms with E-state index in [1.54, 1.807) is 13.0 Å². The minimum Gasteiger partial charge on any atom is -0.295 e. The molecule has 0 aromatic heterocycles. The predicted molar refractivity (Wildman–Crippen MR) is 73.1 cm³/mol. The maximum absolute atomic E-state index is 11.1. The number of carbonyl (C=O) groups excluding carboxylic acids is 1. The lowest BCUT2D eigenvalue weighted by molar-refractivity contribution is -0.112. The van der Waals surface area contributed by atoms with Crippen LogP contribution in [0, 0.1) is 13.8 Å². The van der Waals surface area contributed by atoms with Crippen molar-refractivity contribution >= 4 is 22.6 Å². The summed E-state index contributed by atoms with van der Waals surface area (Å²) in [6.45, 7) is 5.78. The first kappa shape index (κ1) is 11.6. The molecule has 0 unspecified atom stereocenters. The molecule has 0 N–H and O–H groups in total. The second kappa shape index (κ2) is 4.54. The molecule has 2 aromatic carbocycles. The van der Waals surface area contributed by atoms with E-state index in [9.17, 15) is 4.79 Å². The quantitative estimate of drug-likeness (QED) is 0.703. The van der Waals surface area contributed by atoms with E-state index in [0.717, 1.165) is 5.56 Å². The van der Waals surface area contributed by atoms with Crippen molar-refractivity contribution < 1.29 is 4.79 Å². The highest BCUT2D eigenvalue weighted by atomic mass is 16.1. The van der Waals surface area contributed by atoms with Gasteiger partial charge >= 0.3 is 0 Å². The van der Waals surface area contributed by atoms with Gasteiger partial charge in [-0.2, -0.15) is 0 Å². The summed E-state index contributed by atoms with van der Waals surface area (Å²) in [4.78, 5) is 11.1. The van der Waals surface area contributed by atoms with Gasteiger partial charge in [-0.25, -0.2) is 0 Å². The van der Waals surface area contributed by atoms with Gasteiger partial charge in [-0.3, -0.25) is 4.79 Å². The number of hydrogen-bond donors (Lipinski definition) is 0. The van der Waals surface area contributed by atoms with Crippen molar-refractivity contribution in [2.75, 3.05) is 0 Å². The third-order valence-electron chi connectivity index (χ3n) is 3.10. The van der Waals surface area contributed by atoms with Crippen molar-refractivity contribution in [3.05, 3.63) is 53.1 Å². The molecule has 0 bridgehead atoms. The van der Waals surface area contributed by atoms with Crippen LogP contribution in [0.1, 0.15) is 23.6 Å². The summed E-state index contributed by atoms with van der Waals surface area (Å²) in [5, 5.41) is 2.42. The van der Waals surface area contributed by atoms with Crippen molar-refractivity contribution in [1.29, 1.82) is 0 Å². The molecule has 0 amide bonds. The maximum Gasteiger partial charge on any atom is 0.152 e. The number of rotatable bonds is 2. The van der Waals surface area contributed by atoms with Crippen LogP contribution in [0.2, 0.25) is 0 Å². The zero-order valence-corrected chi connectivity index (χ0v) is 10.4. The summed E-state index contributed by atoms with van der Waals surface area (Å²) < 4.78 is 0. The molecule has 2 rings (SSSR count). The number of benzene rings is 2. The highest BCUT2D eigenvalue weighted by molar-refractivity contribution is 5.97. The van der Waals surface area contributed by atoms with Crippen molar-refractivity contribution in [2.24, 2.45) is 0 Å². The van der Waals surface area contributed by atoms with Gasteiger partial charge in [0, 0.05) is 0 Å². The minimum absolute atomic E-state index is 0.0787. The smallest absolute Gasteiger partial charge is 0.152 e. The Kier molecular flexibility index (Phi) is 3.10. The van der Waals surface area contributed by atoms with Crippen LogP contribution in [0.25, 0.3) is 16.8 Å². The molecule has 0 saturated carbocycles. The average molecular weight is 224 g/mol. The molecule has 86 valence electrons. The molecule has 0 heterocycles. The third kappa shape index (κ3) is 2.28. The molecular weight excluding hydrogens is 208 g/mol. The van der Waals surface area contributed by atoms with Crippen molar-refractivity contribution in [3.63, 3.8) is 0 Å². The van der Waals surface area contributed by atoms with Crippen molar-refractivity contribution in [1.82, 2.24) is 0 Å². The van der Waals surface area contributed by atoms with E-state index in [1.807, 2.05) is 18.2 Å². The molecule has 1 nitrogen and oxygen atoms in total. The molecule has 0 saturated heterocycles. The zero-order chi connectivity index (χ0) is 12.4. The lowest BCUT2D eigenvalue weighted by Gasteiger charge is -2.09. The Labute approximate surface area is 102 Å². The number of fused-ring (bicyclic) bond motifs is 1. The summed E-state index contributed by atoms with van der Waals surface area (Å²) in [5.74, 6) is 0.0787. The van der Waals surface area contributed by atoms with Gasteiger partial charge in [0.1, 0.15) is 0 Å². The number of aryl methyl sites for hydroxylation is 1. The van der Waals surface area contributed by atoms with Gasteiger partial charge < -0.3 is 0 Å². The fraction of sp³-hybridized carbons (Fsp3) is 0.188. The molecule has 0 atom stereocenters. The number of allylic oxidation sites excluding steroid dienone is 1. The molecule has 1 heteroatoms. The molecule has 0 fully saturated rings. The van der Waals surface area contributed by atoms with E-state index in [-0.39, 0.29) is 5.78 Å². The lowest BCUT2D eigenvalue weighted by atomic mass is 9.95. The normalized spacial score (nSPS) is 11.2. The maximum atomic E-state index is 11.1. The van der Waals surface area contributed by atoms with Gasteiger partial charge in [0.05, 0.1) is 0 Å². The van der Waals surface area contributed by atoms with E-state index < -0.39 is 0 Å². The molecule has 0 spiro atoms. The molecule has 0 aliphatic carbocycles. The molecule has 0 aliphatic rings. The Morgan fingerprint density at radius 3 is 2.59 bits per heavy atom. The predicted octanol–water partition coefficient (Wildman–Crippen LogP) is 4.06. The van der Waals surface area contributed by atoms with Crippen LogP contribution < -0.4 is 0 Å². The standard InChI is InChI=1S/C16H16O/c1-11-10-14-6-4-5-7-16(14)15(13(11)3)9-8-12(2)17/h4-10H,1-3H3. The number of hydrogen-bond acceptors (Lipinski definition) is 1. The van der Waals surface area contributed by atoms with Gasteiger partial charge in [0.2, 0.25) is 0 Å². The third-order valence-corrected chi connectivity index (χ3v) is 3.10. The molecule has 0 radical (unpaired) electrons. The average Bonchev–Trinajstić information content (AvgIpc) is 2.29. The Bertz CT molecular complexity index is 606. The van der Waals surface area contributed by atoms with Gasteiger partial charge in [0.25, 0.3) is 0 Å². The lowest BCUT2D eigenvalue weighted by Crippen LogP contribution is -1.90. The Balaban J connectivity index is 2.74. The second-order valence-corrected chi connectivity index (χ2v) is 4.40. The number of ketones is 1. The SMILES string of the molecule is CC(=O)C=Cc1c(C)c(C)cc2ccccc12. The summed E-state index contributed by atoms with van der Waals surface area (Å²) >= 11 is 0. The topological polar surface area (TPSA) is 17.1 Å². The minimum atomic E-state index is 0.0787. The van der Waals surface area contributed by atoms with Crippen LogP contribution in [0.15, 0.2) is 36.4 Å². The van der Waals surface area contributed by atoms with Gasteiger partial charge in [-0.15, -0.1) is 0 Å². The van der Waals surface area contributed by atoms with E-state index in [0.29, 0.717) is 0 Å². The Morgan fingerprint density at radius 1 is 1.18 bits per heavy atom. The van der Waals surface area contributed by atoms with E-state index in [4.69, 9.17) is 0 Å². The first-order valence-electron chi connectivity index (χ1n) is 5.77. The summed E-state index contributed by atoms with van der Waals surface area (Å²) in [6, 6.07) is 10.5. The van der Waals surface area contributed by atoms with Crippen LogP contribution >= 0.6 is 0 Å². The second-order valence-electron chi connectivity index (χ2n) is 4.40. The Morgan fingerprint density at radius 2 is 1.88 bits per heavy atom. The summed E-state index contributed by atoms with van der Waals surface area (Å²) in [7, 11) is 0. The van der Waals surface area contributed by atoms with Gasteiger partial charge in [0.15, 0.2) is 5.78 Å². The van der Waals surface area contributed by atoms with Crippen LogP contribution in [0.4, 0.5) is 0 Å². The van der Waals surface area contributed by atoms with Gasteiger partial charge in [-0.05, 0) is 54.3 Å². The molecule has 2 aromatic rings. The highest BCUT2D eigenvalue weighted by Crippen LogP contribution is 2.26. The van der Waals surface area contributed by atoms with Crippen LogP contribution in [-0.2, 0) is 4.79 Å². The highest BCUT2D eigenvalue weighted by Gasteiger charge is 2.04. The zero-order valence-electron chi connectivity index (χ0n) is 10.4. The summed E-state index contributed by atoms with van der Waals surface area (Å²) in [5.41, 5.74) is 3.64. The van der Waals surface area contributed by atoms with Crippen LogP contribution in [0.3, 0.4) is 0 Å². The fourth-order valence-electron chi connectivity index (χ4n) is 2.04. The fourth-order valence-corrected chi connectivity index (χ4v) is 2.04. The van der Waals surface area contributed by atoms with E-state index >= 15 is 0 Å². The summed E-state index contributed by atoms with van der Waals surface area (Å²) in [6.07, 6.45) is 3.56. The van der Waals surface area contributed by atoms with Gasteiger partial charge in [-0.1, -0.05) is 36.4 Å². The first-order valence-corrected chi connectivity index (χ1v) is 5.77. The number of carbonyl (C=O) groups is 1. The van der Waals surface area contributed by atoms with Crippen molar-refractivity contribution in [2.45, 2.75) is 20.8 Å².